The normalized spacial score (nSPS) is 11.3. The average Bonchev–Trinajstić information content (AvgIpc) is 3.61. The third kappa shape index (κ3) is 6.06. The molecule has 0 aliphatic carbocycles. The summed E-state index contributed by atoms with van der Waals surface area (Å²) in [6.07, 6.45) is 0. The second-order valence-electron chi connectivity index (χ2n) is 13.7. The van der Waals surface area contributed by atoms with Crippen LogP contribution in [-0.2, 0) is 0 Å². The number of benzene rings is 8. The summed E-state index contributed by atoms with van der Waals surface area (Å²) in [6.45, 7) is 0. The van der Waals surface area contributed by atoms with Crippen molar-refractivity contribution in [2.24, 2.45) is 0 Å². The van der Waals surface area contributed by atoms with Crippen LogP contribution in [0.5, 0.6) is 0 Å². The van der Waals surface area contributed by atoms with Crippen molar-refractivity contribution in [3.8, 4) is 73.2 Å². The van der Waals surface area contributed by atoms with Crippen molar-refractivity contribution >= 4 is 21.8 Å². The summed E-state index contributed by atoms with van der Waals surface area (Å²) in [5.41, 5.74) is 12.8. The minimum absolute atomic E-state index is 0.605. The fourth-order valence-electron chi connectivity index (χ4n) is 7.54. The monoisotopic (exact) mass is 702 g/mol. The Bertz CT molecular complexity index is 2940. The average molecular weight is 703 g/mol. The van der Waals surface area contributed by atoms with E-state index in [9.17, 15) is 0 Å². The number of aromatic nitrogens is 4. The van der Waals surface area contributed by atoms with E-state index in [1.165, 1.54) is 21.9 Å². The Kier molecular flexibility index (Phi) is 8.12. The molecule has 0 saturated carbocycles. The predicted molar refractivity (Wildman–Crippen MR) is 227 cm³/mol. The lowest BCUT2D eigenvalue weighted by molar-refractivity contribution is 1.06. The van der Waals surface area contributed by atoms with Crippen molar-refractivity contribution in [3.05, 3.63) is 206 Å². The van der Waals surface area contributed by atoms with E-state index in [0.29, 0.717) is 17.5 Å². The maximum atomic E-state index is 5.30. The van der Waals surface area contributed by atoms with E-state index >= 15 is 0 Å². The van der Waals surface area contributed by atoms with Crippen LogP contribution in [0.15, 0.2) is 206 Å². The van der Waals surface area contributed by atoms with Crippen LogP contribution >= 0.6 is 0 Å². The molecule has 8 aromatic carbocycles. The lowest BCUT2D eigenvalue weighted by Gasteiger charge is -2.16. The van der Waals surface area contributed by atoms with Gasteiger partial charge in [0.05, 0.1) is 16.7 Å². The standard InChI is InChI=1S/C51H34N4/c1-5-15-35(16-6-1)38-25-27-40(28-26-38)50-52-49(39-21-11-4-12-22-39)53-51(54-50)45-33-41(36-17-7-2-8-18-36)30-32-47(45)55-46-24-14-13-23-43(46)44-31-29-42(34-48(44)55)37-19-9-3-10-20-37/h1-34H. The lowest BCUT2D eigenvalue weighted by atomic mass is 10.0. The Balaban J connectivity index is 1.23. The van der Waals surface area contributed by atoms with Gasteiger partial charge in [0.1, 0.15) is 0 Å². The molecule has 258 valence electrons. The van der Waals surface area contributed by atoms with Crippen molar-refractivity contribution in [1.82, 2.24) is 19.5 Å². The minimum atomic E-state index is 0.605. The van der Waals surface area contributed by atoms with Gasteiger partial charge < -0.3 is 4.57 Å². The Morgan fingerprint density at radius 3 is 1.29 bits per heavy atom. The third-order valence-electron chi connectivity index (χ3n) is 10.3. The van der Waals surface area contributed by atoms with E-state index in [1.54, 1.807) is 0 Å². The highest BCUT2D eigenvalue weighted by atomic mass is 15.1. The van der Waals surface area contributed by atoms with Crippen molar-refractivity contribution < 1.29 is 0 Å². The van der Waals surface area contributed by atoms with Gasteiger partial charge >= 0.3 is 0 Å². The summed E-state index contributed by atoms with van der Waals surface area (Å²) >= 11 is 0. The van der Waals surface area contributed by atoms with Crippen molar-refractivity contribution in [3.63, 3.8) is 0 Å². The van der Waals surface area contributed by atoms with Gasteiger partial charge in [0, 0.05) is 27.5 Å². The third-order valence-corrected chi connectivity index (χ3v) is 10.3. The number of para-hydroxylation sites is 1. The maximum Gasteiger partial charge on any atom is 0.166 e. The van der Waals surface area contributed by atoms with Crippen LogP contribution in [0.25, 0.3) is 95.0 Å². The van der Waals surface area contributed by atoms with Gasteiger partial charge in [0.15, 0.2) is 17.5 Å². The van der Waals surface area contributed by atoms with E-state index in [4.69, 9.17) is 15.0 Å². The number of nitrogens with zero attached hydrogens (tertiary/aromatic N) is 4. The molecule has 2 aromatic heterocycles. The first-order valence-corrected chi connectivity index (χ1v) is 18.5. The van der Waals surface area contributed by atoms with E-state index in [0.717, 1.165) is 55.7 Å². The first-order valence-electron chi connectivity index (χ1n) is 18.5. The predicted octanol–water partition coefficient (Wildman–Crippen LogP) is 13.0. The molecular formula is C51H34N4. The molecule has 0 saturated heterocycles. The number of rotatable bonds is 7. The smallest absolute Gasteiger partial charge is 0.166 e. The van der Waals surface area contributed by atoms with Gasteiger partial charge in [-0.15, -0.1) is 0 Å². The van der Waals surface area contributed by atoms with Crippen LogP contribution in [0.1, 0.15) is 0 Å². The van der Waals surface area contributed by atoms with Crippen LogP contribution in [0, 0.1) is 0 Å². The summed E-state index contributed by atoms with van der Waals surface area (Å²) in [5, 5.41) is 2.38. The van der Waals surface area contributed by atoms with Gasteiger partial charge in [0.2, 0.25) is 0 Å². The van der Waals surface area contributed by atoms with Gasteiger partial charge in [-0.05, 0) is 57.6 Å². The summed E-state index contributed by atoms with van der Waals surface area (Å²) in [6, 6.07) is 72.2. The molecule has 0 aliphatic heterocycles. The molecular weight excluding hydrogens is 669 g/mol. The van der Waals surface area contributed by atoms with Gasteiger partial charge in [-0.25, -0.2) is 15.0 Å². The lowest BCUT2D eigenvalue weighted by Crippen LogP contribution is -2.04. The van der Waals surface area contributed by atoms with Gasteiger partial charge in [0.25, 0.3) is 0 Å². The molecule has 4 heteroatoms. The highest BCUT2D eigenvalue weighted by molar-refractivity contribution is 6.10. The second-order valence-corrected chi connectivity index (χ2v) is 13.7. The molecule has 10 rings (SSSR count). The van der Waals surface area contributed by atoms with Crippen LogP contribution < -0.4 is 0 Å². The SMILES string of the molecule is c1ccc(-c2ccc(-c3nc(-c4ccccc4)nc(-c4cc(-c5ccccc5)ccc4-n4c5ccccc5c5ccc(-c6ccccc6)cc54)n3)cc2)cc1. The Morgan fingerprint density at radius 1 is 0.273 bits per heavy atom. The molecule has 2 heterocycles. The van der Waals surface area contributed by atoms with E-state index < -0.39 is 0 Å². The molecule has 0 spiro atoms. The van der Waals surface area contributed by atoms with E-state index in [-0.39, 0.29) is 0 Å². The van der Waals surface area contributed by atoms with Gasteiger partial charge in [-0.3, -0.25) is 0 Å². The maximum absolute atomic E-state index is 5.30. The zero-order valence-electron chi connectivity index (χ0n) is 29.9. The van der Waals surface area contributed by atoms with Crippen LogP contribution in [0.4, 0.5) is 0 Å². The summed E-state index contributed by atoms with van der Waals surface area (Å²) < 4.78 is 2.38. The fraction of sp³-hybridized carbons (Fsp3) is 0. The quantitative estimate of drug-likeness (QED) is 0.166. The fourth-order valence-corrected chi connectivity index (χ4v) is 7.54. The number of hydrogen-bond donors (Lipinski definition) is 0. The second kappa shape index (κ2) is 13.8. The van der Waals surface area contributed by atoms with Crippen LogP contribution in [0.2, 0.25) is 0 Å². The summed E-state index contributed by atoms with van der Waals surface area (Å²) in [5.74, 6) is 1.85. The highest BCUT2D eigenvalue weighted by Crippen LogP contribution is 2.39. The van der Waals surface area contributed by atoms with Crippen LogP contribution in [0.3, 0.4) is 0 Å². The minimum Gasteiger partial charge on any atom is -0.308 e. The first-order chi connectivity index (χ1) is 27.3. The zero-order valence-corrected chi connectivity index (χ0v) is 29.9. The molecule has 0 aliphatic rings. The Hall–Kier alpha value is -7.43. The largest absolute Gasteiger partial charge is 0.308 e. The van der Waals surface area contributed by atoms with Crippen molar-refractivity contribution in [2.45, 2.75) is 0 Å². The van der Waals surface area contributed by atoms with Gasteiger partial charge in [-0.1, -0.05) is 182 Å². The van der Waals surface area contributed by atoms with E-state index in [2.05, 4.69) is 187 Å². The Morgan fingerprint density at radius 2 is 0.673 bits per heavy atom. The molecule has 0 bridgehead atoms. The van der Waals surface area contributed by atoms with Crippen LogP contribution in [-0.4, -0.2) is 19.5 Å². The Labute approximate surface area is 319 Å². The molecule has 0 atom stereocenters. The molecule has 0 radical (unpaired) electrons. The molecule has 55 heavy (non-hydrogen) atoms. The highest BCUT2D eigenvalue weighted by Gasteiger charge is 2.21. The molecule has 0 N–H and O–H groups in total. The van der Waals surface area contributed by atoms with E-state index in [1.807, 2.05) is 24.3 Å². The molecule has 0 amide bonds. The first kappa shape index (κ1) is 32.2. The molecule has 0 fully saturated rings. The molecule has 4 nitrogen and oxygen atoms in total. The molecule has 0 unspecified atom stereocenters. The number of hydrogen-bond acceptors (Lipinski definition) is 3. The zero-order chi connectivity index (χ0) is 36.6. The number of fused-ring (bicyclic) bond motifs is 3. The van der Waals surface area contributed by atoms with Crippen molar-refractivity contribution in [2.75, 3.05) is 0 Å². The van der Waals surface area contributed by atoms with Crippen molar-refractivity contribution in [1.29, 1.82) is 0 Å². The van der Waals surface area contributed by atoms with Gasteiger partial charge in [-0.2, -0.15) is 0 Å². The summed E-state index contributed by atoms with van der Waals surface area (Å²) in [4.78, 5) is 15.6. The summed E-state index contributed by atoms with van der Waals surface area (Å²) in [7, 11) is 0. The molecule has 10 aromatic rings. The topological polar surface area (TPSA) is 43.6 Å².